The highest BCUT2D eigenvalue weighted by atomic mass is 16.2. The molecule has 2 N–H and O–H groups in total. The lowest BCUT2D eigenvalue weighted by Crippen LogP contribution is -2.37. The van der Waals surface area contributed by atoms with E-state index in [2.05, 4.69) is 21.8 Å². The van der Waals surface area contributed by atoms with Crippen molar-refractivity contribution in [1.29, 1.82) is 0 Å². The molecule has 3 aromatic heterocycles. The molecule has 4 aromatic rings. The number of imidazole rings is 2. The highest BCUT2D eigenvalue weighted by Crippen LogP contribution is 2.26. The number of hydrogen-bond acceptors (Lipinski definition) is 5. The molecule has 0 aliphatic carbocycles. The Morgan fingerprint density at radius 1 is 1.00 bits per heavy atom. The predicted molar refractivity (Wildman–Crippen MR) is 131 cm³/mol. The van der Waals surface area contributed by atoms with Gasteiger partial charge >= 0.3 is 11.4 Å². The fraction of sp³-hybridized carbons (Fsp3) is 0.500. The maximum atomic E-state index is 12.6. The van der Waals surface area contributed by atoms with Crippen LogP contribution >= 0.6 is 0 Å². The number of nitrogens with zero attached hydrogens (tertiary/aromatic N) is 5. The number of fused-ring (bicyclic) bond motifs is 2. The third kappa shape index (κ3) is 3.81. The van der Waals surface area contributed by atoms with Crippen molar-refractivity contribution >= 4 is 22.2 Å². The smallest absolute Gasteiger partial charge is 0.321 e. The summed E-state index contributed by atoms with van der Waals surface area (Å²) in [6.45, 7) is 7.43. The minimum Gasteiger partial charge on any atom is -0.321 e. The SMILES string of the molecule is CCCCn1c(=O)[nH]c(=O)c2c1nc(CN1CCC(n3c(=O)[nH]c4ccccc43)CC1)n2CC. The van der Waals surface area contributed by atoms with Gasteiger partial charge in [-0.2, -0.15) is 0 Å². The number of nitrogens with one attached hydrogen (secondary N) is 2. The van der Waals surface area contributed by atoms with Crippen LogP contribution in [0.4, 0.5) is 0 Å². The molecule has 1 fully saturated rings. The molecule has 4 heterocycles. The first-order valence-electron chi connectivity index (χ1n) is 12.2. The van der Waals surface area contributed by atoms with E-state index < -0.39 is 5.69 Å². The van der Waals surface area contributed by atoms with Gasteiger partial charge in [0.2, 0.25) is 0 Å². The molecule has 0 atom stereocenters. The van der Waals surface area contributed by atoms with Gasteiger partial charge in [-0.3, -0.25) is 23.8 Å². The molecule has 10 nitrogen and oxygen atoms in total. The highest BCUT2D eigenvalue weighted by Gasteiger charge is 2.25. The molecule has 0 unspecified atom stereocenters. The molecule has 0 saturated carbocycles. The van der Waals surface area contributed by atoms with E-state index in [0.717, 1.165) is 55.6 Å². The third-order valence-electron chi connectivity index (χ3n) is 6.93. The van der Waals surface area contributed by atoms with E-state index in [1.165, 1.54) is 0 Å². The normalized spacial score (nSPS) is 15.6. The van der Waals surface area contributed by atoms with Crippen LogP contribution in [-0.4, -0.2) is 46.6 Å². The highest BCUT2D eigenvalue weighted by molar-refractivity contribution is 5.75. The average molecular weight is 466 g/mol. The van der Waals surface area contributed by atoms with Crippen LogP contribution in [0.15, 0.2) is 38.6 Å². The van der Waals surface area contributed by atoms with Crippen molar-refractivity contribution in [1.82, 2.24) is 33.6 Å². The minimum absolute atomic E-state index is 0.0586. The van der Waals surface area contributed by atoms with Gasteiger partial charge in [-0.15, -0.1) is 0 Å². The molecule has 5 rings (SSSR count). The Hall–Kier alpha value is -3.40. The predicted octanol–water partition coefficient (Wildman–Crippen LogP) is 2.19. The van der Waals surface area contributed by atoms with E-state index in [-0.39, 0.29) is 17.3 Å². The number of H-pyrrole nitrogens is 2. The number of para-hydroxylation sites is 2. The summed E-state index contributed by atoms with van der Waals surface area (Å²) in [6.07, 6.45) is 3.50. The topological polar surface area (TPSA) is 114 Å². The van der Waals surface area contributed by atoms with Crippen LogP contribution in [0, 0.1) is 0 Å². The Morgan fingerprint density at radius 3 is 2.50 bits per heavy atom. The molecule has 180 valence electrons. The first kappa shape index (κ1) is 22.4. The molecule has 0 spiro atoms. The van der Waals surface area contributed by atoms with Gasteiger partial charge in [0.25, 0.3) is 5.56 Å². The van der Waals surface area contributed by atoms with Crippen molar-refractivity contribution in [3.63, 3.8) is 0 Å². The maximum absolute atomic E-state index is 12.6. The minimum atomic E-state index is -0.400. The van der Waals surface area contributed by atoms with Gasteiger partial charge in [0, 0.05) is 32.2 Å². The lowest BCUT2D eigenvalue weighted by atomic mass is 10.0. The van der Waals surface area contributed by atoms with Crippen LogP contribution in [0.2, 0.25) is 0 Å². The summed E-state index contributed by atoms with van der Waals surface area (Å²) in [6, 6.07) is 7.95. The molecular weight excluding hydrogens is 434 g/mol. The van der Waals surface area contributed by atoms with E-state index in [1.54, 1.807) is 4.57 Å². The van der Waals surface area contributed by atoms with Gasteiger partial charge in [-0.1, -0.05) is 25.5 Å². The number of aromatic nitrogens is 6. The Kier molecular flexibility index (Phi) is 5.99. The summed E-state index contributed by atoms with van der Waals surface area (Å²) in [5, 5.41) is 0. The molecule has 1 aromatic carbocycles. The van der Waals surface area contributed by atoms with Gasteiger partial charge in [0.1, 0.15) is 5.82 Å². The summed E-state index contributed by atoms with van der Waals surface area (Å²) in [7, 11) is 0. The van der Waals surface area contributed by atoms with E-state index in [1.807, 2.05) is 40.3 Å². The second kappa shape index (κ2) is 9.09. The molecular formula is C24H31N7O3. The number of rotatable bonds is 7. The number of likely N-dealkylation sites (tertiary alicyclic amines) is 1. The largest absolute Gasteiger partial charge is 0.330 e. The molecule has 1 aliphatic rings. The van der Waals surface area contributed by atoms with Gasteiger partial charge in [0.15, 0.2) is 11.2 Å². The maximum Gasteiger partial charge on any atom is 0.330 e. The van der Waals surface area contributed by atoms with Crippen LogP contribution < -0.4 is 16.9 Å². The third-order valence-corrected chi connectivity index (χ3v) is 6.93. The molecule has 1 saturated heterocycles. The number of aromatic amines is 2. The van der Waals surface area contributed by atoms with E-state index in [4.69, 9.17) is 4.98 Å². The van der Waals surface area contributed by atoms with Crippen molar-refractivity contribution in [2.75, 3.05) is 13.1 Å². The summed E-state index contributed by atoms with van der Waals surface area (Å²) in [4.78, 5) is 50.2. The Bertz CT molecular complexity index is 1500. The first-order chi connectivity index (χ1) is 16.5. The fourth-order valence-corrected chi connectivity index (χ4v) is 5.18. The summed E-state index contributed by atoms with van der Waals surface area (Å²) in [5.74, 6) is 0.793. The van der Waals surface area contributed by atoms with Crippen molar-refractivity contribution in [3.8, 4) is 0 Å². The van der Waals surface area contributed by atoms with Crippen LogP contribution in [0.25, 0.3) is 22.2 Å². The molecule has 10 heteroatoms. The van der Waals surface area contributed by atoms with Crippen molar-refractivity contribution < 1.29 is 0 Å². The van der Waals surface area contributed by atoms with E-state index >= 15 is 0 Å². The van der Waals surface area contributed by atoms with Gasteiger partial charge in [0.05, 0.1) is 17.6 Å². The lowest BCUT2D eigenvalue weighted by Gasteiger charge is -2.32. The van der Waals surface area contributed by atoms with Crippen LogP contribution in [0.5, 0.6) is 0 Å². The number of hydrogen-bond donors (Lipinski definition) is 2. The monoisotopic (exact) mass is 465 g/mol. The zero-order valence-corrected chi connectivity index (χ0v) is 19.7. The summed E-state index contributed by atoms with van der Waals surface area (Å²) >= 11 is 0. The summed E-state index contributed by atoms with van der Waals surface area (Å²) < 4.78 is 5.40. The average Bonchev–Trinajstić information content (AvgIpc) is 3.36. The first-order valence-corrected chi connectivity index (χ1v) is 12.2. The number of aryl methyl sites for hydroxylation is 2. The van der Waals surface area contributed by atoms with Crippen molar-refractivity contribution in [3.05, 3.63) is 61.4 Å². The number of piperidine rings is 1. The van der Waals surface area contributed by atoms with Gasteiger partial charge in [-0.05, 0) is 38.3 Å². The number of benzene rings is 1. The van der Waals surface area contributed by atoms with Crippen LogP contribution in [0.3, 0.4) is 0 Å². The zero-order chi connectivity index (χ0) is 23.8. The molecule has 0 amide bonds. The van der Waals surface area contributed by atoms with Crippen LogP contribution in [-0.2, 0) is 19.6 Å². The van der Waals surface area contributed by atoms with E-state index in [0.29, 0.717) is 30.8 Å². The molecule has 1 aliphatic heterocycles. The lowest BCUT2D eigenvalue weighted by molar-refractivity contribution is 0.175. The molecule has 0 radical (unpaired) electrons. The Labute approximate surface area is 195 Å². The second-order valence-corrected chi connectivity index (χ2v) is 9.03. The van der Waals surface area contributed by atoms with E-state index in [9.17, 15) is 14.4 Å². The Balaban J connectivity index is 1.39. The van der Waals surface area contributed by atoms with Crippen molar-refractivity contribution in [2.24, 2.45) is 0 Å². The van der Waals surface area contributed by atoms with Gasteiger partial charge in [-0.25, -0.2) is 14.6 Å². The quantitative estimate of drug-likeness (QED) is 0.434. The fourth-order valence-electron chi connectivity index (χ4n) is 5.18. The van der Waals surface area contributed by atoms with Crippen LogP contribution in [0.1, 0.15) is 51.4 Å². The summed E-state index contributed by atoms with van der Waals surface area (Å²) in [5.41, 5.74) is 1.91. The van der Waals surface area contributed by atoms with Gasteiger partial charge < -0.3 is 9.55 Å². The molecule has 34 heavy (non-hydrogen) atoms. The Morgan fingerprint density at radius 2 is 1.76 bits per heavy atom. The van der Waals surface area contributed by atoms with Crippen molar-refractivity contribution in [2.45, 2.75) is 65.2 Å². The zero-order valence-electron chi connectivity index (χ0n) is 19.7. The molecule has 0 bridgehead atoms. The number of unbranched alkanes of at least 4 members (excludes halogenated alkanes) is 1. The second-order valence-electron chi connectivity index (χ2n) is 9.03. The standard InChI is InChI=1S/C24H31N7O3/c1-3-5-12-30-21-20(22(32)27-23(30)33)29(4-2)19(26-21)15-28-13-10-16(11-14-28)31-18-9-7-6-8-17(18)25-24(31)34/h6-9,16H,3-5,10-15H2,1-2H3,(H,25,34)(H,27,32,33).